The fourth-order valence-electron chi connectivity index (χ4n) is 3.00. The van der Waals surface area contributed by atoms with Crippen molar-refractivity contribution in [3.8, 4) is 0 Å². The highest BCUT2D eigenvalue weighted by Gasteiger charge is 2.26. The summed E-state index contributed by atoms with van der Waals surface area (Å²) in [5, 5.41) is 5.25. The number of ketones is 1. The van der Waals surface area contributed by atoms with E-state index in [9.17, 15) is 18.8 Å². The lowest BCUT2D eigenvalue weighted by Gasteiger charge is -2.04. The molecule has 0 radical (unpaired) electrons. The van der Waals surface area contributed by atoms with Gasteiger partial charge in [-0.25, -0.2) is 4.39 Å². The summed E-state index contributed by atoms with van der Waals surface area (Å²) in [6.45, 7) is 4.83. The smallest absolute Gasteiger partial charge is 0.256 e. The molecule has 1 aromatic heterocycles. The molecule has 1 aliphatic rings. The van der Waals surface area contributed by atoms with Gasteiger partial charge in [0.25, 0.3) is 11.8 Å². The molecule has 1 aromatic carbocycles. The molecule has 2 heterocycles. The number of carbonyl (C=O) groups excluding carboxylic acids is 3. The number of H-pyrrole nitrogens is 1. The number of aromatic amines is 1. The molecule has 0 saturated heterocycles. The van der Waals surface area contributed by atoms with E-state index >= 15 is 0 Å². The van der Waals surface area contributed by atoms with Crippen molar-refractivity contribution < 1.29 is 18.8 Å². The number of anilines is 1. The highest BCUT2D eigenvalue weighted by Crippen LogP contribution is 2.34. The molecule has 0 atom stereocenters. The summed E-state index contributed by atoms with van der Waals surface area (Å²) in [5.41, 5.74) is 3.61. The van der Waals surface area contributed by atoms with Crippen LogP contribution in [-0.4, -0.2) is 29.1 Å². The normalized spacial score (nSPS) is 14.3. The fourth-order valence-corrected chi connectivity index (χ4v) is 3.00. The quantitative estimate of drug-likeness (QED) is 0.736. The molecular weight excluding hydrogens is 337 g/mol. The molecule has 7 heteroatoms. The minimum absolute atomic E-state index is 0.0472. The molecule has 0 spiro atoms. The van der Waals surface area contributed by atoms with Crippen LogP contribution in [0, 0.1) is 19.7 Å². The van der Waals surface area contributed by atoms with Gasteiger partial charge >= 0.3 is 0 Å². The maximum atomic E-state index is 13.5. The van der Waals surface area contributed by atoms with E-state index in [2.05, 4.69) is 15.6 Å². The van der Waals surface area contributed by atoms with Crippen molar-refractivity contribution in [2.75, 3.05) is 11.9 Å². The molecule has 26 heavy (non-hydrogen) atoms. The van der Waals surface area contributed by atoms with Crippen LogP contribution >= 0.6 is 0 Å². The van der Waals surface area contributed by atoms with Crippen molar-refractivity contribution in [2.45, 2.75) is 20.8 Å². The van der Waals surface area contributed by atoms with E-state index < -0.39 is 5.82 Å². The monoisotopic (exact) mass is 355 g/mol. The van der Waals surface area contributed by atoms with Crippen LogP contribution in [0.15, 0.2) is 18.2 Å². The Balaban J connectivity index is 1.99. The van der Waals surface area contributed by atoms with E-state index in [0.29, 0.717) is 39.3 Å². The van der Waals surface area contributed by atoms with Crippen LogP contribution in [0.5, 0.6) is 0 Å². The Kier molecular flexibility index (Phi) is 4.46. The molecule has 6 nitrogen and oxygen atoms in total. The summed E-state index contributed by atoms with van der Waals surface area (Å²) in [7, 11) is 0. The van der Waals surface area contributed by atoms with Crippen LogP contribution in [0.1, 0.15) is 39.8 Å². The Labute approximate surface area is 149 Å². The van der Waals surface area contributed by atoms with E-state index in [1.807, 2.05) is 0 Å². The molecule has 1 aliphatic heterocycles. The number of benzene rings is 1. The van der Waals surface area contributed by atoms with Crippen molar-refractivity contribution >= 4 is 34.9 Å². The Morgan fingerprint density at radius 3 is 2.69 bits per heavy atom. The number of hydrogen-bond acceptors (Lipinski definition) is 3. The zero-order chi connectivity index (χ0) is 19.0. The number of aromatic nitrogens is 1. The topological polar surface area (TPSA) is 91.1 Å². The van der Waals surface area contributed by atoms with E-state index in [1.54, 1.807) is 19.9 Å². The zero-order valence-corrected chi connectivity index (χ0v) is 14.6. The number of fused-ring (bicyclic) bond motifs is 1. The number of hydrogen-bond donors (Lipinski definition) is 3. The first-order valence-electron chi connectivity index (χ1n) is 8.07. The number of Topliss-reactive ketones (excluding diaryl/α,β-unsaturated/α-hetero) is 1. The third kappa shape index (κ3) is 3.15. The number of amides is 2. The van der Waals surface area contributed by atoms with Crippen molar-refractivity contribution in [3.05, 3.63) is 52.1 Å². The SMILES string of the molecule is CC(=O)CNC(=O)c1c(C)[nH]c(/C=C2\C(=O)Nc3ccc(F)cc32)c1C. The van der Waals surface area contributed by atoms with Crippen LogP contribution in [0.2, 0.25) is 0 Å². The first-order chi connectivity index (χ1) is 12.3. The van der Waals surface area contributed by atoms with Crippen LogP contribution in [0.25, 0.3) is 11.6 Å². The van der Waals surface area contributed by atoms with Gasteiger partial charge in [0.2, 0.25) is 0 Å². The summed E-state index contributed by atoms with van der Waals surface area (Å²) >= 11 is 0. The summed E-state index contributed by atoms with van der Waals surface area (Å²) in [4.78, 5) is 38.7. The maximum absolute atomic E-state index is 13.5. The molecule has 0 fully saturated rings. The molecule has 0 saturated carbocycles. The predicted octanol–water partition coefficient (Wildman–Crippen LogP) is 2.58. The molecule has 2 aromatic rings. The number of nitrogens with one attached hydrogen (secondary N) is 3. The van der Waals surface area contributed by atoms with Gasteiger partial charge in [-0.05, 0) is 50.6 Å². The first kappa shape index (κ1) is 17.6. The molecule has 0 aliphatic carbocycles. The van der Waals surface area contributed by atoms with E-state index in [-0.39, 0.29) is 24.1 Å². The third-order valence-corrected chi connectivity index (χ3v) is 4.25. The molecule has 3 N–H and O–H groups in total. The van der Waals surface area contributed by atoms with Crippen LogP contribution in [0.4, 0.5) is 10.1 Å². The van der Waals surface area contributed by atoms with Gasteiger partial charge in [-0.15, -0.1) is 0 Å². The standard InChI is InChI=1S/C19H18FN3O3/c1-9(24)8-21-19(26)17-10(2)16(22-11(17)3)7-14-13-6-12(20)4-5-15(13)23-18(14)25/h4-7,22H,8H2,1-3H3,(H,21,26)(H,23,25)/b14-7-. The lowest BCUT2D eigenvalue weighted by Crippen LogP contribution is -2.28. The minimum Gasteiger partial charge on any atom is -0.358 e. The van der Waals surface area contributed by atoms with E-state index in [1.165, 1.54) is 25.1 Å². The largest absolute Gasteiger partial charge is 0.358 e. The molecule has 2 amide bonds. The number of halogens is 1. The van der Waals surface area contributed by atoms with Crippen molar-refractivity contribution in [2.24, 2.45) is 0 Å². The van der Waals surface area contributed by atoms with Gasteiger partial charge in [-0.2, -0.15) is 0 Å². The lowest BCUT2D eigenvalue weighted by molar-refractivity contribution is -0.116. The van der Waals surface area contributed by atoms with Gasteiger partial charge in [0.1, 0.15) is 11.6 Å². The third-order valence-electron chi connectivity index (χ3n) is 4.25. The zero-order valence-electron chi connectivity index (χ0n) is 14.6. The van der Waals surface area contributed by atoms with Gasteiger partial charge in [0.05, 0.1) is 17.7 Å². The van der Waals surface area contributed by atoms with E-state index in [4.69, 9.17) is 0 Å². The predicted molar refractivity (Wildman–Crippen MR) is 96.2 cm³/mol. The van der Waals surface area contributed by atoms with Gasteiger partial charge < -0.3 is 15.6 Å². The minimum atomic E-state index is -0.435. The van der Waals surface area contributed by atoms with Gasteiger partial charge in [-0.1, -0.05) is 0 Å². The summed E-state index contributed by atoms with van der Waals surface area (Å²) in [6, 6.07) is 4.09. The second kappa shape index (κ2) is 6.59. The summed E-state index contributed by atoms with van der Waals surface area (Å²) in [5.74, 6) is -1.28. The Morgan fingerprint density at radius 2 is 2.00 bits per heavy atom. The summed E-state index contributed by atoms with van der Waals surface area (Å²) < 4.78 is 13.5. The molecule has 3 rings (SSSR count). The van der Waals surface area contributed by atoms with Crippen LogP contribution in [0.3, 0.4) is 0 Å². The molecule has 134 valence electrons. The van der Waals surface area contributed by atoms with Crippen molar-refractivity contribution in [1.29, 1.82) is 0 Å². The molecule has 0 bridgehead atoms. The Morgan fingerprint density at radius 1 is 1.27 bits per heavy atom. The average molecular weight is 355 g/mol. The number of rotatable bonds is 4. The number of carbonyl (C=O) groups is 3. The van der Waals surface area contributed by atoms with E-state index in [0.717, 1.165) is 0 Å². The van der Waals surface area contributed by atoms with Gasteiger partial charge in [-0.3, -0.25) is 14.4 Å². The Bertz CT molecular complexity index is 973. The van der Waals surface area contributed by atoms with Crippen molar-refractivity contribution in [1.82, 2.24) is 10.3 Å². The Hall–Kier alpha value is -3.22. The van der Waals surface area contributed by atoms with Crippen molar-refractivity contribution in [3.63, 3.8) is 0 Å². The van der Waals surface area contributed by atoms with Crippen LogP contribution in [-0.2, 0) is 9.59 Å². The maximum Gasteiger partial charge on any atom is 0.256 e. The molecule has 0 unspecified atom stereocenters. The first-order valence-corrected chi connectivity index (χ1v) is 8.07. The average Bonchev–Trinajstić information content (AvgIpc) is 3.02. The summed E-state index contributed by atoms with van der Waals surface area (Å²) in [6.07, 6.45) is 1.60. The molecular formula is C19H18FN3O3. The second-order valence-electron chi connectivity index (χ2n) is 6.25. The van der Waals surface area contributed by atoms with Crippen LogP contribution < -0.4 is 10.6 Å². The second-order valence-corrected chi connectivity index (χ2v) is 6.25. The van der Waals surface area contributed by atoms with Gasteiger partial charge in [0, 0.05) is 22.6 Å². The highest BCUT2D eigenvalue weighted by molar-refractivity contribution is 6.34. The number of aryl methyl sites for hydroxylation is 1. The fraction of sp³-hybridized carbons (Fsp3) is 0.211. The van der Waals surface area contributed by atoms with Gasteiger partial charge in [0.15, 0.2) is 0 Å². The highest BCUT2D eigenvalue weighted by atomic mass is 19.1. The lowest BCUT2D eigenvalue weighted by atomic mass is 10.0.